The standard InChI is InChI=1S/C15H12O5.C15H12O4.C11H10O4.C9H8O3.4CH4.Na/c1-19-10-6-8-11(9-7-10)20-15(18)13-5-3-2-4-12(13)14(16)17;1-19-11-8-6-10(7-9-11)14(16)12-4-2-3-5-13(12)15(17)18;1-15-9-4-2-8(3-5-9)10(12)6-7-11(13)14;1-6(10)7-4-2-3-5-8(7)9(11)12;;;;;/h2-9H,1H3,(H,16,17);2-9H,1H3,(H,17,18);2-7H,1H3,(H,13,14);2-5H,1H3,(H,11,12);4*1H4;/q;;;;;;;;+1/p-1/b;;7-6+;;;;;;. The van der Waals surface area contributed by atoms with Gasteiger partial charge in [0.05, 0.1) is 44.0 Å². The molecule has 0 atom stereocenters. The molecule has 6 aromatic rings. The molecule has 71 heavy (non-hydrogen) atoms. The second-order valence-electron chi connectivity index (χ2n) is 13.0. The molecule has 16 nitrogen and oxygen atoms in total. The van der Waals surface area contributed by atoms with E-state index in [1.54, 1.807) is 109 Å². The van der Waals surface area contributed by atoms with Crippen LogP contribution in [0.5, 0.6) is 23.0 Å². The maximum Gasteiger partial charge on any atom is 1.00 e. The summed E-state index contributed by atoms with van der Waals surface area (Å²) in [6, 6.07) is 37.4. The van der Waals surface area contributed by atoms with Gasteiger partial charge in [-0.05, 0) is 104 Å². The number of ether oxygens (including phenoxy) is 4. The first-order chi connectivity index (χ1) is 31.5. The van der Waals surface area contributed by atoms with E-state index in [-0.39, 0.29) is 110 Å². The molecule has 0 saturated heterocycles. The van der Waals surface area contributed by atoms with Crippen LogP contribution in [0, 0.1) is 0 Å². The van der Waals surface area contributed by atoms with Crippen molar-refractivity contribution in [3.05, 3.63) is 202 Å². The molecular formula is C54H57NaO16. The maximum atomic E-state index is 12.2. The maximum absolute atomic E-state index is 12.2. The molecule has 17 heteroatoms. The number of rotatable bonds is 14. The second kappa shape index (κ2) is 34.2. The quantitative estimate of drug-likeness (QED) is 0.0343. The van der Waals surface area contributed by atoms with Crippen molar-refractivity contribution in [3.63, 3.8) is 0 Å². The Morgan fingerprint density at radius 3 is 1.14 bits per heavy atom. The minimum absolute atomic E-state index is 0. The number of carboxylic acids is 4. The first kappa shape index (κ1) is 67.1. The number of hydrogen-bond acceptors (Lipinski definition) is 13. The number of ketones is 3. The number of aliphatic carboxylic acids is 1. The average molecular weight is 985 g/mol. The summed E-state index contributed by atoms with van der Waals surface area (Å²) in [6.07, 6.45) is 1.83. The molecule has 3 N–H and O–H groups in total. The van der Waals surface area contributed by atoms with E-state index in [9.17, 15) is 43.5 Å². The number of benzene rings is 6. The fourth-order valence-electron chi connectivity index (χ4n) is 5.39. The minimum Gasteiger partial charge on any atom is -0.545 e. The van der Waals surface area contributed by atoms with Crippen LogP contribution in [0.4, 0.5) is 0 Å². The Morgan fingerprint density at radius 2 is 0.775 bits per heavy atom. The molecule has 0 unspecified atom stereocenters. The largest absolute Gasteiger partial charge is 1.00 e. The van der Waals surface area contributed by atoms with Crippen LogP contribution in [0.15, 0.2) is 158 Å². The van der Waals surface area contributed by atoms with Crippen molar-refractivity contribution in [2.24, 2.45) is 0 Å². The summed E-state index contributed by atoms with van der Waals surface area (Å²) in [7, 11) is 4.59. The Kier molecular flexibility index (Phi) is 32.3. The van der Waals surface area contributed by atoms with Crippen LogP contribution >= 0.6 is 0 Å². The normalized spacial score (nSPS) is 9.18. The number of carboxylic acid groups (broad SMARTS) is 4. The van der Waals surface area contributed by atoms with Crippen molar-refractivity contribution in [2.75, 3.05) is 21.3 Å². The summed E-state index contributed by atoms with van der Waals surface area (Å²) < 4.78 is 20.0. The topological polar surface area (TPSA) is 257 Å². The molecule has 0 aliphatic rings. The van der Waals surface area contributed by atoms with Gasteiger partial charge in [0.1, 0.15) is 23.0 Å². The van der Waals surface area contributed by atoms with Gasteiger partial charge in [0.15, 0.2) is 17.3 Å². The van der Waals surface area contributed by atoms with Crippen molar-refractivity contribution < 1.29 is 107 Å². The van der Waals surface area contributed by atoms with E-state index >= 15 is 0 Å². The van der Waals surface area contributed by atoms with Crippen LogP contribution in [0.25, 0.3) is 0 Å². The molecule has 0 saturated carbocycles. The zero-order chi connectivity index (χ0) is 48.8. The van der Waals surface area contributed by atoms with E-state index in [1.165, 1.54) is 64.7 Å². The molecule has 0 bridgehead atoms. The number of aromatic carboxylic acids is 3. The van der Waals surface area contributed by atoms with Crippen LogP contribution in [-0.2, 0) is 4.79 Å². The van der Waals surface area contributed by atoms with E-state index in [0.717, 1.165) is 12.2 Å². The zero-order valence-electron chi connectivity index (χ0n) is 36.7. The van der Waals surface area contributed by atoms with Gasteiger partial charge in [0.25, 0.3) is 0 Å². The molecule has 0 radical (unpaired) electrons. The molecular weight excluding hydrogens is 928 g/mol. The van der Waals surface area contributed by atoms with Crippen molar-refractivity contribution in [3.8, 4) is 23.0 Å². The Labute approximate surface area is 435 Å². The molecule has 0 amide bonds. The minimum atomic E-state index is -1.36. The Hall–Kier alpha value is -8.18. The molecule has 0 aliphatic heterocycles. The zero-order valence-corrected chi connectivity index (χ0v) is 38.7. The molecule has 370 valence electrons. The number of carbonyl (C=O) groups is 8. The average Bonchev–Trinajstić information content (AvgIpc) is 3.33. The van der Waals surface area contributed by atoms with Crippen LogP contribution in [0.2, 0.25) is 0 Å². The van der Waals surface area contributed by atoms with E-state index in [0.29, 0.717) is 34.1 Å². The van der Waals surface area contributed by atoms with Crippen LogP contribution in [0.1, 0.15) is 115 Å². The Morgan fingerprint density at radius 1 is 0.437 bits per heavy atom. The Balaban J connectivity index is -0.000000862. The van der Waals surface area contributed by atoms with Gasteiger partial charge in [0.2, 0.25) is 0 Å². The molecule has 0 heterocycles. The van der Waals surface area contributed by atoms with Gasteiger partial charge in [-0.2, -0.15) is 0 Å². The molecule has 0 aromatic heterocycles. The van der Waals surface area contributed by atoms with Crippen LogP contribution in [-0.4, -0.2) is 83.8 Å². The van der Waals surface area contributed by atoms with E-state index in [4.69, 9.17) is 34.3 Å². The smallest absolute Gasteiger partial charge is 0.545 e. The summed E-state index contributed by atoms with van der Waals surface area (Å²) in [6.45, 7) is 1.35. The van der Waals surface area contributed by atoms with Gasteiger partial charge in [0, 0.05) is 33.9 Å². The summed E-state index contributed by atoms with van der Waals surface area (Å²) >= 11 is 0. The number of Topliss-reactive ketones (excluding diaryl/α,β-unsaturated/α-hetero) is 1. The van der Waals surface area contributed by atoms with Crippen LogP contribution in [0.3, 0.4) is 0 Å². The van der Waals surface area contributed by atoms with Crippen molar-refractivity contribution in [2.45, 2.75) is 36.6 Å². The van der Waals surface area contributed by atoms with Gasteiger partial charge in [-0.1, -0.05) is 84.3 Å². The van der Waals surface area contributed by atoms with Gasteiger partial charge in [-0.15, -0.1) is 0 Å². The third-order valence-electron chi connectivity index (χ3n) is 8.68. The van der Waals surface area contributed by atoms with Gasteiger partial charge in [-0.25, -0.2) is 19.2 Å². The van der Waals surface area contributed by atoms with Gasteiger partial charge in [-0.3, -0.25) is 14.4 Å². The van der Waals surface area contributed by atoms with Crippen molar-refractivity contribution >= 4 is 47.2 Å². The number of allylic oxidation sites excluding steroid dienone is 1. The first-order valence-electron chi connectivity index (χ1n) is 19.1. The second-order valence-corrected chi connectivity index (χ2v) is 13.0. The fraction of sp³-hybridized carbons (Fsp3) is 0.148. The molecule has 0 spiro atoms. The van der Waals surface area contributed by atoms with Gasteiger partial charge < -0.3 is 44.2 Å². The number of hydrogen-bond donors (Lipinski definition) is 3. The summed E-state index contributed by atoms with van der Waals surface area (Å²) in [4.78, 5) is 89.2. The third-order valence-corrected chi connectivity index (χ3v) is 8.68. The Bertz CT molecular complexity index is 2680. The van der Waals surface area contributed by atoms with Crippen LogP contribution < -0.4 is 53.6 Å². The summed E-state index contributed by atoms with van der Waals surface area (Å²) in [5.41, 5.74) is 1.07. The van der Waals surface area contributed by atoms with E-state index in [2.05, 4.69) is 0 Å². The predicted octanol–water partition coefficient (Wildman–Crippen LogP) is 6.56. The van der Waals surface area contributed by atoms with Gasteiger partial charge >= 0.3 is 53.4 Å². The molecule has 0 fully saturated rings. The first-order valence-corrected chi connectivity index (χ1v) is 19.1. The third kappa shape index (κ3) is 21.3. The number of esters is 1. The summed E-state index contributed by atoms with van der Waals surface area (Å²) in [5, 5.41) is 37.0. The SMILES string of the molecule is C.C.C.C.CC(=O)c1ccccc1C(=O)O.COc1ccc(C(=O)/C=C/C(=O)O)cc1.COc1ccc(C(=O)c2ccccc2C(=O)[O-])cc1.COc1ccc(OC(=O)c2ccccc2C(=O)O)cc1.[Na+]. The fourth-order valence-corrected chi connectivity index (χ4v) is 5.39. The van der Waals surface area contributed by atoms with Crippen molar-refractivity contribution in [1.82, 2.24) is 0 Å². The molecule has 6 aromatic carbocycles. The predicted molar refractivity (Wildman–Crippen MR) is 263 cm³/mol. The number of carbonyl (C=O) groups excluding carboxylic acids is 5. The monoisotopic (exact) mass is 984 g/mol. The van der Waals surface area contributed by atoms with E-state index < -0.39 is 29.8 Å². The van der Waals surface area contributed by atoms with Crippen molar-refractivity contribution in [1.29, 1.82) is 0 Å². The van der Waals surface area contributed by atoms with E-state index in [1.807, 2.05) is 0 Å². The number of methoxy groups -OCH3 is 3. The molecule has 6 rings (SSSR count). The summed E-state index contributed by atoms with van der Waals surface area (Å²) in [5.74, 6) is -4.17. The molecule has 0 aliphatic carbocycles.